The summed E-state index contributed by atoms with van der Waals surface area (Å²) in [6.45, 7) is 2.85. The average molecular weight is 516 g/mol. The first-order valence-electron chi connectivity index (χ1n) is 12.2. The zero-order chi connectivity index (χ0) is 24.9. The summed E-state index contributed by atoms with van der Waals surface area (Å²) >= 11 is 12.2. The summed E-state index contributed by atoms with van der Waals surface area (Å²) < 4.78 is 0. The van der Waals surface area contributed by atoms with E-state index >= 15 is 0 Å². The number of likely N-dealkylation sites (tertiary alicyclic amines) is 1. The lowest BCUT2D eigenvalue weighted by Gasteiger charge is -2.36. The summed E-state index contributed by atoms with van der Waals surface area (Å²) in [4.78, 5) is 40.9. The molecule has 4 rings (SSSR count). The van der Waals surface area contributed by atoms with E-state index in [1.54, 1.807) is 23.1 Å². The van der Waals surface area contributed by atoms with Crippen LogP contribution in [0, 0.1) is 12.8 Å². The van der Waals surface area contributed by atoms with Crippen molar-refractivity contribution in [1.82, 2.24) is 15.5 Å². The Bertz CT molecular complexity index is 1110. The summed E-state index contributed by atoms with van der Waals surface area (Å²) in [5, 5.41) is 7.12. The molecule has 3 amide bonds. The third-order valence-corrected chi connectivity index (χ3v) is 7.59. The standard InChI is InChI=1S/C27H31Cl2N3O3/c1-17-7-2-3-9-20(17)26(34)31-24-11-5-4-10-23(24)30-25(33)18-8-6-14-32(16-18)27(35)21-13-12-19(28)15-22(21)29/h2-3,7,9,12-13,15,18,23-24H,4-6,8,10-11,14,16H2,1H3,(H,30,33)(H,31,34)/t18-,23+,24+/m0/s1. The number of hydrogen-bond donors (Lipinski definition) is 2. The molecule has 186 valence electrons. The molecule has 2 N–H and O–H groups in total. The van der Waals surface area contributed by atoms with Crippen molar-refractivity contribution in [3.05, 3.63) is 69.2 Å². The van der Waals surface area contributed by atoms with Gasteiger partial charge >= 0.3 is 0 Å². The van der Waals surface area contributed by atoms with Gasteiger partial charge in [-0.1, -0.05) is 54.2 Å². The molecule has 6 nitrogen and oxygen atoms in total. The largest absolute Gasteiger partial charge is 0.351 e. The minimum Gasteiger partial charge on any atom is -0.351 e. The van der Waals surface area contributed by atoms with Crippen molar-refractivity contribution < 1.29 is 14.4 Å². The van der Waals surface area contributed by atoms with Crippen molar-refractivity contribution in [2.75, 3.05) is 13.1 Å². The molecule has 1 aliphatic carbocycles. The Labute approximate surface area is 216 Å². The van der Waals surface area contributed by atoms with Gasteiger partial charge in [0, 0.05) is 35.8 Å². The summed E-state index contributed by atoms with van der Waals surface area (Å²) in [5.74, 6) is -0.658. The fourth-order valence-electron chi connectivity index (χ4n) is 5.06. The number of halogens is 2. The molecule has 2 aliphatic rings. The van der Waals surface area contributed by atoms with Gasteiger partial charge in [0.25, 0.3) is 11.8 Å². The molecule has 0 aromatic heterocycles. The number of rotatable bonds is 5. The normalized spacial score (nSPS) is 22.4. The predicted octanol–water partition coefficient (Wildman–Crippen LogP) is 5.01. The van der Waals surface area contributed by atoms with Gasteiger partial charge in [-0.2, -0.15) is 0 Å². The van der Waals surface area contributed by atoms with E-state index in [0.29, 0.717) is 34.3 Å². The van der Waals surface area contributed by atoms with Gasteiger partial charge in [-0.15, -0.1) is 0 Å². The van der Waals surface area contributed by atoms with E-state index in [1.807, 2.05) is 31.2 Å². The zero-order valence-electron chi connectivity index (χ0n) is 19.9. The topological polar surface area (TPSA) is 78.5 Å². The molecule has 0 bridgehead atoms. The summed E-state index contributed by atoms with van der Waals surface area (Å²) in [5.41, 5.74) is 1.97. The zero-order valence-corrected chi connectivity index (χ0v) is 21.4. The molecular weight excluding hydrogens is 485 g/mol. The Kier molecular flexibility index (Phi) is 8.34. The molecule has 2 aromatic rings. The summed E-state index contributed by atoms with van der Waals surface area (Å²) in [6.07, 6.45) is 5.13. The molecule has 1 saturated heterocycles. The first kappa shape index (κ1) is 25.5. The van der Waals surface area contributed by atoms with Crippen LogP contribution in [-0.4, -0.2) is 47.8 Å². The van der Waals surface area contributed by atoms with E-state index in [0.717, 1.165) is 44.1 Å². The molecule has 8 heteroatoms. The molecule has 0 unspecified atom stereocenters. The maximum atomic E-state index is 13.2. The molecule has 1 heterocycles. The van der Waals surface area contributed by atoms with Crippen LogP contribution < -0.4 is 10.6 Å². The Hall–Kier alpha value is -2.57. The lowest BCUT2D eigenvalue weighted by atomic mass is 9.88. The van der Waals surface area contributed by atoms with E-state index in [2.05, 4.69) is 10.6 Å². The van der Waals surface area contributed by atoms with E-state index in [9.17, 15) is 14.4 Å². The highest BCUT2D eigenvalue weighted by molar-refractivity contribution is 6.36. The van der Waals surface area contributed by atoms with Gasteiger partial charge in [-0.05, 0) is 62.4 Å². The second kappa shape index (κ2) is 11.4. The van der Waals surface area contributed by atoms with Crippen molar-refractivity contribution in [3.63, 3.8) is 0 Å². The fraction of sp³-hybridized carbons (Fsp3) is 0.444. The monoisotopic (exact) mass is 515 g/mol. The van der Waals surface area contributed by atoms with Gasteiger partial charge in [0.15, 0.2) is 0 Å². The lowest BCUT2D eigenvalue weighted by molar-refractivity contribution is -0.127. The van der Waals surface area contributed by atoms with Crippen molar-refractivity contribution in [2.45, 2.75) is 57.5 Å². The highest BCUT2D eigenvalue weighted by Gasteiger charge is 2.33. The van der Waals surface area contributed by atoms with E-state index in [-0.39, 0.29) is 35.7 Å². The number of hydrogen-bond acceptors (Lipinski definition) is 3. The number of nitrogens with zero attached hydrogens (tertiary/aromatic N) is 1. The van der Waals surface area contributed by atoms with Crippen LogP contribution in [0.4, 0.5) is 0 Å². The Morgan fingerprint density at radius 3 is 2.31 bits per heavy atom. The minimum absolute atomic E-state index is 0.0632. The first-order chi connectivity index (χ1) is 16.8. The third kappa shape index (κ3) is 6.17. The molecule has 3 atom stereocenters. The van der Waals surface area contributed by atoms with Crippen LogP contribution in [0.2, 0.25) is 10.0 Å². The Morgan fingerprint density at radius 1 is 0.886 bits per heavy atom. The predicted molar refractivity (Wildman–Crippen MR) is 138 cm³/mol. The quantitative estimate of drug-likeness (QED) is 0.587. The molecule has 0 radical (unpaired) electrons. The number of piperidine rings is 1. The highest BCUT2D eigenvalue weighted by atomic mass is 35.5. The maximum Gasteiger partial charge on any atom is 0.255 e. The third-order valence-electron chi connectivity index (χ3n) is 7.04. The van der Waals surface area contributed by atoms with Crippen LogP contribution in [0.25, 0.3) is 0 Å². The SMILES string of the molecule is Cc1ccccc1C(=O)N[C@@H]1CCCC[C@H]1NC(=O)[C@H]1CCCN(C(=O)c2ccc(Cl)cc2Cl)C1. The molecule has 2 aromatic carbocycles. The smallest absolute Gasteiger partial charge is 0.255 e. The number of carbonyl (C=O) groups excluding carboxylic acids is 3. The number of nitrogens with one attached hydrogen (secondary N) is 2. The van der Waals surface area contributed by atoms with Crippen molar-refractivity contribution in [1.29, 1.82) is 0 Å². The van der Waals surface area contributed by atoms with E-state index in [4.69, 9.17) is 23.2 Å². The number of amides is 3. The van der Waals surface area contributed by atoms with Crippen molar-refractivity contribution in [2.24, 2.45) is 5.92 Å². The molecule has 2 fully saturated rings. The van der Waals surface area contributed by atoms with Crippen LogP contribution in [0.3, 0.4) is 0 Å². The van der Waals surface area contributed by atoms with Crippen molar-refractivity contribution >= 4 is 40.9 Å². The molecule has 1 aliphatic heterocycles. The summed E-state index contributed by atoms with van der Waals surface area (Å²) in [7, 11) is 0. The lowest BCUT2D eigenvalue weighted by Crippen LogP contribution is -2.55. The number of benzene rings is 2. The summed E-state index contributed by atoms with van der Waals surface area (Å²) in [6, 6.07) is 12.1. The Balaban J connectivity index is 1.38. The second-order valence-corrected chi connectivity index (χ2v) is 10.4. The highest BCUT2D eigenvalue weighted by Crippen LogP contribution is 2.26. The van der Waals surface area contributed by atoms with Crippen LogP contribution in [0.1, 0.15) is 64.8 Å². The molecule has 0 spiro atoms. The van der Waals surface area contributed by atoms with Crippen LogP contribution in [0.5, 0.6) is 0 Å². The molecular formula is C27H31Cl2N3O3. The van der Waals surface area contributed by atoms with Gasteiger partial charge < -0.3 is 15.5 Å². The van der Waals surface area contributed by atoms with Crippen molar-refractivity contribution in [3.8, 4) is 0 Å². The first-order valence-corrected chi connectivity index (χ1v) is 13.0. The van der Waals surface area contributed by atoms with Crippen LogP contribution in [0.15, 0.2) is 42.5 Å². The average Bonchev–Trinajstić information content (AvgIpc) is 2.85. The van der Waals surface area contributed by atoms with E-state index < -0.39 is 0 Å². The van der Waals surface area contributed by atoms with Gasteiger partial charge in [-0.3, -0.25) is 14.4 Å². The van der Waals surface area contributed by atoms with Crippen LogP contribution >= 0.6 is 23.2 Å². The fourth-order valence-corrected chi connectivity index (χ4v) is 5.55. The van der Waals surface area contributed by atoms with Gasteiger partial charge in [0.2, 0.25) is 5.91 Å². The van der Waals surface area contributed by atoms with Gasteiger partial charge in [0.1, 0.15) is 0 Å². The van der Waals surface area contributed by atoms with E-state index in [1.165, 1.54) is 0 Å². The number of aryl methyl sites for hydroxylation is 1. The van der Waals surface area contributed by atoms with Gasteiger partial charge in [0.05, 0.1) is 16.5 Å². The Morgan fingerprint density at radius 2 is 1.60 bits per heavy atom. The minimum atomic E-state index is -0.298. The maximum absolute atomic E-state index is 13.2. The van der Waals surface area contributed by atoms with Gasteiger partial charge in [-0.25, -0.2) is 0 Å². The van der Waals surface area contributed by atoms with Crippen LogP contribution in [-0.2, 0) is 4.79 Å². The molecule has 35 heavy (non-hydrogen) atoms. The molecule has 1 saturated carbocycles. The second-order valence-electron chi connectivity index (χ2n) is 9.51. The number of carbonyl (C=O) groups is 3.